The molecule has 0 radical (unpaired) electrons. The summed E-state index contributed by atoms with van der Waals surface area (Å²) in [5, 5.41) is 3.41. The fraction of sp³-hybridized carbons (Fsp3) is 0.235. The molecule has 3 aromatic rings. The third-order valence-electron chi connectivity index (χ3n) is 4.12. The molecule has 0 atom stereocenters. The number of carbonyl (C=O) groups is 1. The maximum absolute atomic E-state index is 11.5. The summed E-state index contributed by atoms with van der Waals surface area (Å²) in [6.07, 6.45) is 2.10. The van der Waals surface area contributed by atoms with Crippen molar-refractivity contribution in [1.82, 2.24) is 20.3 Å². The smallest absolute Gasteiger partial charge is 0.221 e. The van der Waals surface area contributed by atoms with Crippen LogP contribution in [-0.2, 0) is 4.79 Å². The highest BCUT2D eigenvalue weighted by atomic mass is 35.5. The average molecular weight is 342 g/mol. The lowest BCUT2D eigenvalue weighted by molar-refractivity contribution is -0.120. The summed E-state index contributed by atoms with van der Waals surface area (Å²) >= 11 is 6.35. The Morgan fingerprint density at radius 2 is 2.08 bits per heavy atom. The second-order valence-corrected chi connectivity index (χ2v) is 6.12. The SMILES string of the molecule is O=C1CCN(c2cc(-c3nc4ccccc4[nH]3)c(Cl)cn2)CCN1. The average Bonchev–Trinajstić information content (AvgIpc) is 2.90. The van der Waals surface area contributed by atoms with E-state index in [0.29, 0.717) is 30.4 Å². The molecule has 0 saturated carbocycles. The first kappa shape index (κ1) is 15.0. The normalized spacial score (nSPS) is 15.4. The van der Waals surface area contributed by atoms with Gasteiger partial charge in [-0.05, 0) is 18.2 Å². The van der Waals surface area contributed by atoms with Crippen molar-refractivity contribution in [3.05, 3.63) is 41.6 Å². The first-order valence-corrected chi connectivity index (χ1v) is 8.21. The van der Waals surface area contributed by atoms with E-state index in [9.17, 15) is 4.79 Å². The van der Waals surface area contributed by atoms with Crippen molar-refractivity contribution in [3.8, 4) is 11.4 Å². The highest BCUT2D eigenvalue weighted by Gasteiger charge is 2.17. The molecule has 1 aromatic carbocycles. The topological polar surface area (TPSA) is 73.9 Å². The maximum atomic E-state index is 11.5. The minimum Gasteiger partial charge on any atom is -0.354 e. The highest BCUT2D eigenvalue weighted by molar-refractivity contribution is 6.33. The Hall–Kier alpha value is -2.60. The van der Waals surface area contributed by atoms with Crippen LogP contribution in [0.5, 0.6) is 0 Å². The van der Waals surface area contributed by atoms with Gasteiger partial charge in [0.25, 0.3) is 0 Å². The highest BCUT2D eigenvalue weighted by Crippen LogP contribution is 2.30. The number of pyridine rings is 1. The van der Waals surface area contributed by atoms with E-state index in [1.807, 2.05) is 30.3 Å². The van der Waals surface area contributed by atoms with Gasteiger partial charge < -0.3 is 15.2 Å². The van der Waals surface area contributed by atoms with Crippen LogP contribution in [0.15, 0.2) is 36.5 Å². The zero-order chi connectivity index (χ0) is 16.5. The molecule has 2 N–H and O–H groups in total. The first-order valence-electron chi connectivity index (χ1n) is 7.83. The molecule has 0 unspecified atom stereocenters. The molecular weight excluding hydrogens is 326 g/mol. The molecule has 1 fully saturated rings. The van der Waals surface area contributed by atoms with Gasteiger partial charge in [-0.15, -0.1) is 0 Å². The van der Waals surface area contributed by atoms with Crippen LogP contribution in [-0.4, -0.2) is 40.5 Å². The molecule has 24 heavy (non-hydrogen) atoms. The van der Waals surface area contributed by atoms with Crippen molar-refractivity contribution in [3.63, 3.8) is 0 Å². The number of amides is 1. The third-order valence-corrected chi connectivity index (χ3v) is 4.42. The lowest BCUT2D eigenvalue weighted by Gasteiger charge is -2.21. The molecule has 1 aliphatic heterocycles. The number of rotatable bonds is 2. The molecule has 1 amide bonds. The maximum Gasteiger partial charge on any atom is 0.221 e. The van der Waals surface area contributed by atoms with Crippen LogP contribution >= 0.6 is 11.6 Å². The predicted octanol–water partition coefficient (Wildman–Crippen LogP) is 2.60. The molecule has 4 rings (SSSR count). The number of benzene rings is 1. The fourth-order valence-corrected chi connectivity index (χ4v) is 3.05. The molecule has 3 heterocycles. The summed E-state index contributed by atoms with van der Waals surface area (Å²) in [5.41, 5.74) is 2.67. The zero-order valence-corrected chi connectivity index (χ0v) is 13.7. The standard InChI is InChI=1S/C17H16ClN5O/c18-12-10-20-15(23-7-5-16(24)19-6-8-23)9-11(12)17-21-13-3-1-2-4-14(13)22-17/h1-4,9-10H,5-8H2,(H,19,24)(H,21,22). The summed E-state index contributed by atoms with van der Waals surface area (Å²) in [4.78, 5) is 25.9. The van der Waals surface area contributed by atoms with Crippen molar-refractivity contribution >= 4 is 34.4 Å². The fourth-order valence-electron chi connectivity index (χ4n) is 2.86. The second kappa shape index (κ2) is 6.13. The van der Waals surface area contributed by atoms with Crippen LogP contribution in [0.25, 0.3) is 22.4 Å². The molecule has 122 valence electrons. The Bertz CT molecular complexity index is 874. The van der Waals surface area contributed by atoms with Crippen LogP contribution < -0.4 is 10.2 Å². The summed E-state index contributed by atoms with van der Waals surface area (Å²) < 4.78 is 0. The van der Waals surface area contributed by atoms with Gasteiger partial charge in [0.15, 0.2) is 0 Å². The van der Waals surface area contributed by atoms with E-state index < -0.39 is 0 Å². The van der Waals surface area contributed by atoms with Gasteiger partial charge >= 0.3 is 0 Å². The summed E-state index contributed by atoms with van der Waals surface area (Å²) in [6, 6.07) is 9.78. The monoisotopic (exact) mass is 341 g/mol. The van der Waals surface area contributed by atoms with Crippen LogP contribution in [0.3, 0.4) is 0 Å². The number of aromatic amines is 1. The Labute approximate surface area is 143 Å². The molecule has 1 aliphatic rings. The van der Waals surface area contributed by atoms with Gasteiger partial charge in [0.2, 0.25) is 5.91 Å². The number of nitrogens with one attached hydrogen (secondary N) is 2. The number of hydrogen-bond donors (Lipinski definition) is 2. The lowest BCUT2D eigenvalue weighted by atomic mass is 10.2. The molecule has 0 aliphatic carbocycles. The number of carbonyl (C=O) groups excluding carboxylic acids is 1. The van der Waals surface area contributed by atoms with E-state index in [4.69, 9.17) is 11.6 Å². The van der Waals surface area contributed by atoms with E-state index in [2.05, 4.69) is 25.2 Å². The summed E-state index contributed by atoms with van der Waals surface area (Å²) in [7, 11) is 0. The van der Waals surface area contributed by atoms with Crippen molar-refractivity contribution in [2.45, 2.75) is 6.42 Å². The number of aromatic nitrogens is 3. The molecule has 2 aromatic heterocycles. The van der Waals surface area contributed by atoms with Crippen LogP contribution in [0.1, 0.15) is 6.42 Å². The van der Waals surface area contributed by atoms with E-state index in [0.717, 1.165) is 29.0 Å². The zero-order valence-electron chi connectivity index (χ0n) is 12.9. The Morgan fingerprint density at radius 1 is 1.21 bits per heavy atom. The Morgan fingerprint density at radius 3 is 2.96 bits per heavy atom. The van der Waals surface area contributed by atoms with Crippen molar-refractivity contribution in [1.29, 1.82) is 0 Å². The number of halogens is 1. The third kappa shape index (κ3) is 2.80. The Balaban J connectivity index is 1.72. The van der Waals surface area contributed by atoms with Gasteiger partial charge in [-0.25, -0.2) is 9.97 Å². The van der Waals surface area contributed by atoms with Crippen molar-refractivity contribution < 1.29 is 4.79 Å². The molecule has 0 spiro atoms. The predicted molar refractivity (Wildman–Crippen MR) is 94.2 cm³/mol. The molecule has 6 nitrogen and oxygen atoms in total. The van der Waals surface area contributed by atoms with Gasteiger partial charge in [0.05, 0.1) is 16.1 Å². The van der Waals surface area contributed by atoms with Crippen LogP contribution in [0.4, 0.5) is 5.82 Å². The van der Waals surface area contributed by atoms with E-state index in [1.54, 1.807) is 6.20 Å². The van der Waals surface area contributed by atoms with Gasteiger partial charge in [-0.3, -0.25) is 4.79 Å². The minimum absolute atomic E-state index is 0.0731. The largest absolute Gasteiger partial charge is 0.354 e. The number of imidazole rings is 1. The van der Waals surface area contributed by atoms with Crippen LogP contribution in [0.2, 0.25) is 5.02 Å². The summed E-state index contributed by atoms with van der Waals surface area (Å²) in [5.74, 6) is 1.59. The van der Waals surface area contributed by atoms with Gasteiger partial charge in [0, 0.05) is 37.8 Å². The van der Waals surface area contributed by atoms with E-state index in [1.165, 1.54) is 0 Å². The number of H-pyrrole nitrogens is 1. The minimum atomic E-state index is 0.0731. The number of nitrogens with zero attached hydrogens (tertiary/aromatic N) is 3. The van der Waals surface area contributed by atoms with E-state index in [-0.39, 0.29) is 5.91 Å². The van der Waals surface area contributed by atoms with E-state index >= 15 is 0 Å². The number of fused-ring (bicyclic) bond motifs is 1. The molecule has 1 saturated heterocycles. The van der Waals surface area contributed by atoms with Gasteiger partial charge in [0.1, 0.15) is 11.6 Å². The number of para-hydroxylation sites is 2. The second-order valence-electron chi connectivity index (χ2n) is 5.71. The number of anilines is 1. The van der Waals surface area contributed by atoms with Crippen molar-refractivity contribution in [2.75, 3.05) is 24.5 Å². The van der Waals surface area contributed by atoms with Gasteiger partial charge in [-0.2, -0.15) is 0 Å². The Kier molecular flexibility index (Phi) is 3.82. The summed E-state index contributed by atoms with van der Waals surface area (Å²) in [6.45, 7) is 1.98. The molecule has 7 heteroatoms. The van der Waals surface area contributed by atoms with Crippen molar-refractivity contribution in [2.24, 2.45) is 0 Å². The first-order chi connectivity index (χ1) is 11.7. The number of hydrogen-bond acceptors (Lipinski definition) is 4. The van der Waals surface area contributed by atoms with Gasteiger partial charge in [-0.1, -0.05) is 23.7 Å². The molecule has 0 bridgehead atoms. The molecular formula is C17H16ClN5O. The van der Waals surface area contributed by atoms with Crippen LogP contribution in [0, 0.1) is 0 Å². The lowest BCUT2D eigenvalue weighted by Crippen LogP contribution is -2.29. The quantitative estimate of drug-likeness (QED) is 0.751.